The minimum atomic E-state index is -0.394. The van der Waals surface area contributed by atoms with E-state index in [4.69, 9.17) is 5.73 Å². The minimum Gasteiger partial charge on any atom is -0.338 e. The van der Waals surface area contributed by atoms with Gasteiger partial charge in [0.1, 0.15) is 0 Å². The minimum absolute atomic E-state index is 0.0263. The fraction of sp³-hybridized carbons (Fsp3) is 0.867. The highest BCUT2D eigenvalue weighted by Crippen LogP contribution is 2.09. The predicted octanol–water partition coefficient (Wildman–Crippen LogP) is 1.11. The Morgan fingerprint density at radius 3 is 2.05 bits per heavy atom. The molecule has 2 N–H and O–H groups in total. The van der Waals surface area contributed by atoms with Gasteiger partial charge in [0.15, 0.2) is 0 Å². The van der Waals surface area contributed by atoms with E-state index in [2.05, 4.69) is 6.92 Å². The second kappa shape index (κ2) is 8.87. The van der Waals surface area contributed by atoms with Gasteiger partial charge in [-0.05, 0) is 20.3 Å². The lowest BCUT2D eigenvalue weighted by Crippen LogP contribution is -2.56. The lowest BCUT2D eigenvalue weighted by atomic mass is 10.1. The van der Waals surface area contributed by atoms with Gasteiger partial charge in [-0.15, -0.1) is 0 Å². The number of hydrogen-bond donors (Lipinski definition) is 1. The Morgan fingerprint density at radius 2 is 1.57 bits per heavy atom. The highest BCUT2D eigenvalue weighted by molar-refractivity contribution is 5.82. The van der Waals surface area contributed by atoms with Crippen LogP contribution in [0.1, 0.15) is 40.0 Å². The first-order chi connectivity index (χ1) is 10.0. The third-order valence-corrected chi connectivity index (χ3v) is 4.08. The molecular formula is C15H30N4O2. The molecule has 0 radical (unpaired) electrons. The number of rotatable bonds is 6. The fourth-order valence-corrected chi connectivity index (χ4v) is 2.59. The molecular weight excluding hydrogens is 268 g/mol. The number of hydrogen-bond acceptors (Lipinski definition) is 3. The summed E-state index contributed by atoms with van der Waals surface area (Å²) in [6.45, 7) is 9.86. The maximum atomic E-state index is 12.2. The van der Waals surface area contributed by atoms with Crippen LogP contribution in [0.2, 0.25) is 0 Å². The molecule has 1 aliphatic heterocycles. The van der Waals surface area contributed by atoms with Crippen molar-refractivity contribution in [2.45, 2.75) is 46.1 Å². The molecule has 6 heteroatoms. The number of carbonyl (C=O) groups excluding carboxylic acids is 2. The monoisotopic (exact) mass is 298 g/mol. The zero-order valence-electron chi connectivity index (χ0n) is 13.7. The van der Waals surface area contributed by atoms with Crippen molar-refractivity contribution in [3.8, 4) is 0 Å². The zero-order chi connectivity index (χ0) is 15.8. The molecule has 0 bridgehead atoms. The van der Waals surface area contributed by atoms with E-state index in [1.165, 1.54) is 0 Å². The SMILES string of the molecule is CCCC[C@H](N)C(=O)N1CCN(C(=O)N(CC)CC)CC1. The van der Waals surface area contributed by atoms with Crippen molar-refractivity contribution in [2.24, 2.45) is 5.73 Å². The summed E-state index contributed by atoms with van der Waals surface area (Å²) >= 11 is 0. The van der Waals surface area contributed by atoms with Crippen molar-refractivity contribution >= 4 is 11.9 Å². The average molecular weight is 298 g/mol. The molecule has 0 aliphatic carbocycles. The van der Waals surface area contributed by atoms with Crippen molar-refractivity contribution in [1.82, 2.24) is 14.7 Å². The summed E-state index contributed by atoms with van der Waals surface area (Å²) in [7, 11) is 0. The summed E-state index contributed by atoms with van der Waals surface area (Å²) in [6, 6.07) is -0.322. The van der Waals surface area contributed by atoms with E-state index in [0.717, 1.165) is 32.4 Å². The fourth-order valence-electron chi connectivity index (χ4n) is 2.59. The summed E-state index contributed by atoms with van der Waals surface area (Å²) < 4.78 is 0. The molecule has 1 saturated heterocycles. The number of urea groups is 1. The molecule has 0 aromatic heterocycles. The van der Waals surface area contributed by atoms with E-state index in [-0.39, 0.29) is 11.9 Å². The second-order valence-corrected chi connectivity index (χ2v) is 5.52. The first kappa shape index (κ1) is 17.8. The predicted molar refractivity (Wildman–Crippen MR) is 84.0 cm³/mol. The maximum absolute atomic E-state index is 12.2. The van der Waals surface area contributed by atoms with Gasteiger partial charge in [-0.25, -0.2) is 4.79 Å². The Labute approximate surface area is 128 Å². The molecule has 3 amide bonds. The van der Waals surface area contributed by atoms with Crippen LogP contribution in [0.25, 0.3) is 0 Å². The summed E-state index contributed by atoms with van der Waals surface area (Å²) in [5.41, 5.74) is 5.94. The highest BCUT2D eigenvalue weighted by Gasteiger charge is 2.28. The standard InChI is InChI=1S/C15H30N4O2/c1-4-7-8-13(16)14(20)18-9-11-19(12-10-18)15(21)17(5-2)6-3/h13H,4-12,16H2,1-3H3/t13-/m0/s1. The Hall–Kier alpha value is -1.30. The lowest BCUT2D eigenvalue weighted by Gasteiger charge is -2.38. The van der Waals surface area contributed by atoms with E-state index in [9.17, 15) is 9.59 Å². The maximum Gasteiger partial charge on any atom is 0.320 e. The molecule has 1 atom stereocenters. The summed E-state index contributed by atoms with van der Waals surface area (Å²) in [6.07, 6.45) is 2.77. The van der Waals surface area contributed by atoms with Gasteiger partial charge in [-0.1, -0.05) is 19.8 Å². The van der Waals surface area contributed by atoms with Gasteiger partial charge in [-0.3, -0.25) is 4.79 Å². The molecule has 122 valence electrons. The van der Waals surface area contributed by atoms with E-state index >= 15 is 0 Å². The smallest absolute Gasteiger partial charge is 0.320 e. The van der Waals surface area contributed by atoms with Gasteiger partial charge in [0, 0.05) is 39.3 Å². The third-order valence-electron chi connectivity index (χ3n) is 4.08. The molecule has 21 heavy (non-hydrogen) atoms. The van der Waals surface area contributed by atoms with E-state index in [1.54, 1.807) is 4.90 Å². The van der Waals surface area contributed by atoms with Crippen LogP contribution in [-0.2, 0) is 4.79 Å². The summed E-state index contributed by atoms with van der Waals surface area (Å²) in [5, 5.41) is 0. The normalized spacial score (nSPS) is 16.8. The number of carbonyl (C=O) groups is 2. The van der Waals surface area contributed by atoms with Gasteiger partial charge < -0.3 is 20.4 Å². The number of amides is 3. The van der Waals surface area contributed by atoms with Crippen LogP contribution in [0.15, 0.2) is 0 Å². The Kier molecular flexibility index (Phi) is 7.50. The van der Waals surface area contributed by atoms with Crippen molar-refractivity contribution in [2.75, 3.05) is 39.3 Å². The number of piperazine rings is 1. The van der Waals surface area contributed by atoms with Crippen LogP contribution in [0.5, 0.6) is 0 Å². The van der Waals surface area contributed by atoms with Crippen LogP contribution in [0, 0.1) is 0 Å². The number of nitrogens with zero attached hydrogens (tertiary/aromatic N) is 3. The van der Waals surface area contributed by atoms with Crippen molar-refractivity contribution in [3.63, 3.8) is 0 Å². The van der Waals surface area contributed by atoms with Crippen LogP contribution in [0.3, 0.4) is 0 Å². The molecule has 6 nitrogen and oxygen atoms in total. The van der Waals surface area contributed by atoms with Gasteiger partial charge in [0.05, 0.1) is 6.04 Å². The Balaban J connectivity index is 2.44. The lowest BCUT2D eigenvalue weighted by molar-refractivity contribution is -0.134. The van der Waals surface area contributed by atoms with E-state index < -0.39 is 6.04 Å². The van der Waals surface area contributed by atoms with Crippen molar-refractivity contribution < 1.29 is 9.59 Å². The molecule has 0 saturated carbocycles. The summed E-state index contributed by atoms with van der Waals surface area (Å²) in [5.74, 6) is 0.0263. The largest absolute Gasteiger partial charge is 0.338 e. The van der Waals surface area contributed by atoms with Crippen LogP contribution in [0.4, 0.5) is 4.79 Å². The van der Waals surface area contributed by atoms with E-state index in [1.807, 2.05) is 23.6 Å². The van der Waals surface area contributed by atoms with Gasteiger partial charge >= 0.3 is 6.03 Å². The molecule has 0 aromatic rings. The van der Waals surface area contributed by atoms with Crippen molar-refractivity contribution in [3.05, 3.63) is 0 Å². The number of nitrogens with two attached hydrogens (primary N) is 1. The van der Waals surface area contributed by atoms with Crippen LogP contribution >= 0.6 is 0 Å². The van der Waals surface area contributed by atoms with E-state index in [0.29, 0.717) is 26.2 Å². The topological polar surface area (TPSA) is 69.9 Å². The van der Waals surface area contributed by atoms with Gasteiger partial charge in [0.25, 0.3) is 0 Å². The van der Waals surface area contributed by atoms with Gasteiger partial charge in [-0.2, -0.15) is 0 Å². The second-order valence-electron chi connectivity index (χ2n) is 5.52. The van der Waals surface area contributed by atoms with Crippen LogP contribution < -0.4 is 5.73 Å². The number of unbranched alkanes of at least 4 members (excludes halogenated alkanes) is 1. The Morgan fingerprint density at radius 1 is 1.05 bits per heavy atom. The molecule has 0 aromatic carbocycles. The highest BCUT2D eigenvalue weighted by atomic mass is 16.2. The van der Waals surface area contributed by atoms with Gasteiger partial charge in [0.2, 0.25) is 5.91 Å². The molecule has 1 fully saturated rings. The summed E-state index contributed by atoms with van der Waals surface area (Å²) in [4.78, 5) is 29.9. The first-order valence-corrected chi connectivity index (χ1v) is 8.13. The molecule has 0 spiro atoms. The third kappa shape index (κ3) is 4.88. The average Bonchev–Trinajstić information content (AvgIpc) is 2.53. The molecule has 1 rings (SSSR count). The van der Waals surface area contributed by atoms with Crippen LogP contribution in [-0.4, -0.2) is 71.9 Å². The molecule has 1 aliphatic rings. The zero-order valence-corrected chi connectivity index (χ0v) is 13.7. The Bertz CT molecular complexity index is 337. The van der Waals surface area contributed by atoms with Crippen molar-refractivity contribution in [1.29, 1.82) is 0 Å². The first-order valence-electron chi connectivity index (χ1n) is 8.13. The molecule has 1 heterocycles. The quantitative estimate of drug-likeness (QED) is 0.798. The molecule has 0 unspecified atom stereocenters.